The van der Waals surface area contributed by atoms with Crippen molar-refractivity contribution in [1.82, 2.24) is 5.32 Å². The van der Waals surface area contributed by atoms with Crippen LogP contribution in [0.5, 0.6) is 0 Å². The Labute approximate surface area is 116 Å². The summed E-state index contributed by atoms with van der Waals surface area (Å²) in [6.45, 7) is 5.81. The predicted molar refractivity (Wildman–Crippen MR) is 74.0 cm³/mol. The van der Waals surface area contributed by atoms with E-state index in [2.05, 4.69) is 28.2 Å². The molecule has 0 amide bonds. The highest BCUT2D eigenvalue weighted by atomic mass is 79.9. The molecule has 100 valence electrons. The highest BCUT2D eigenvalue weighted by Crippen LogP contribution is 2.23. The molecule has 2 rings (SSSR count). The summed E-state index contributed by atoms with van der Waals surface area (Å²) in [5.41, 5.74) is 0.713. The molecule has 3 atom stereocenters. The van der Waals surface area contributed by atoms with Gasteiger partial charge in [0.2, 0.25) is 0 Å². The van der Waals surface area contributed by atoms with E-state index in [0.717, 1.165) is 24.0 Å². The number of ether oxygens (including phenoxy) is 1. The molecular formula is C14H19BrFNO. The van der Waals surface area contributed by atoms with Crippen molar-refractivity contribution in [3.8, 4) is 0 Å². The van der Waals surface area contributed by atoms with Gasteiger partial charge in [-0.1, -0.05) is 22.0 Å². The molecule has 1 aliphatic heterocycles. The van der Waals surface area contributed by atoms with E-state index in [9.17, 15) is 4.39 Å². The Kier molecular flexibility index (Phi) is 4.76. The number of hydrogen-bond donors (Lipinski definition) is 1. The van der Waals surface area contributed by atoms with Crippen LogP contribution in [0.4, 0.5) is 4.39 Å². The second kappa shape index (κ2) is 6.13. The van der Waals surface area contributed by atoms with E-state index >= 15 is 0 Å². The molecule has 2 nitrogen and oxygen atoms in total. The first-order valence-electron chi connectivity index (χ1n) is 6.38. The average molecular weight is 316 g/mol. The van der Waals surface area contributed by atoms with E-state index < -0.39 is 0 Å². The highest BCUT2D eigenvalue weighted by molar-refractivity contribution is 9.10. The summed E-state index contributed by atoms with van der Waals surface area (Å²) in [7, 11) is 0. The Balaban J connectivity index is 1.93. The van der Waals surface area contributed by atoms with E-state index in [1.54, 1.807) is 0 Å². The van der Waals surface area contributed by atoms with E-state index in [1.807, 2.05) is 19.1 Å². The zero-order valence-electron chi connectivity index (χ0n) is 10.7. The van der Waals surface area contributed by atoms with Crippen LogP contribution in [0.15, 0.2) is 22.7 Å². The number of benzene rings is 1. The molecule has 0 aliphatic carbocycles. The van der Waals surface area contributed by atoms with Crippen molar-refractivity contribution in [3.05, 3.63) is 34.1 Å². The Morgan fingerprint density at radius 3 is 2.94 bits per heavy atom. The van der Waals surface area contributed by atoms with Gasteiger partial charge in [0.1, 0.15) is 5.82 Å². The maximum atomic E-state index is 13.8. The first-order chi connectivity index (χ1) is 8.58. The minimum atomic E-state index is -0.167. The summed E-state index contributed by atoms with van der Waals surface area (Å²) in [5, 5.41) is 3.40. The lowest BCUT2D eigenvalue weighted by Crippen LogP contribution is -2.29. The van der Waals surface area contributed by atoms with Gasteiger partial charge in [-0.05, 0) is 38.3 Å². The SMILES string of the molecule is CC(NCC1CCOC1C)c1ccc(Br)cc1F. The maximum Gasteiger partial charge on any atom is 0.129 e. The minimum Gasteiger partial charge on any atom is -0.378 e. The van der Waals surface area contributed by atoms with E-state index in [-0.39, 0.29) is 11.9 Å². The van der Waals surface area contributed by atoms with Crippen molar-refractivity contribution >= 4 is 15.9 Å². The van der Waals surface area contributed by atoms with E-state index in [0.29, 0.717) is 17.6 Å². The summed E-state index contributed by atoms with van der Waals surface area (Å²) in [5.74, 6) is 0.367. The Hall–Kier alpha value is -0.450. The molecule has 0 radical (unpaired) electrons. The minimum absolute atomic E-state index is 0.0194. The Morgan fingerprint density at radius 2 is 2.33 bits per heavy atom. The Morgan fingerprint density at radius 1 is 1.56 bits per heavy atom. The fourth-order valence-electron chi connectivity index (χ4n) is 2.33. The molecule has 18 heavy (non-hydrogen) atoms. The second-order valence-electron chi connectivity index (χ2n) is 4.92. The van der Waals surface area contributed by atoms with Gasteiger partial charge >= 0.3 is 0 Å². The number of nitrogens with one attached hydrogen (secondary N) is 1. The molecule has 0 spiro atoms. The standard InChI is InChI=1S/C14H19BrFNO/c1-9(13-4-3-12(15)7-14(13)16)17-8-11-5-6-18-10(11)2/h3-4,7,9-11,17H,5-6,8H2,1-2H3. The molecule has 1 saturated heterocycles. The quantitative estimate of drug-likeness (QED) is 0.915. The lowest BCUT2D eigenvalue weighted by molar-refractivity contribution is 0.105. The molecule has 1 N–H and O–H groups in total. The second-order valence-corrected chi connectivity index (χ2v) is 5.84. The van der Waals surface area contributed by atoms with Gasteiger partial charge in [-0.3, -0.25) is 0 Å². The first kappa shape index (κ1) is 14.0. The van der Waals surface area contributed by atoms with Crippen LogP contribution >= 0.6 is 15.9 Å². The van der Waals surface area contributed by atoms with Gasteiger partial charge in [0, 0.05) is 29.2 Å². The molecule has 1 aromatic rings. The van der Waals surface area contributed by atoms with Gasteiger partial charge in [0.15, 0.2) is 0 Å². The summed E-state index contributed by atoms with van der Waals surface area (Å²) in [6.07, 6.45) is 1.39. The molecule has 0 bridgehead atoms. The number of halogens is 2. The van der Waals surface area contributed by atoms with Crippen molar-refractivity contribution < 1.29 is 9.13 Å². The predicted octanol–water partition coefficient (Wildman–Crippen LogP) is 3.66. The molecule has 1 fully saturated rings. The maximum absolute atomic E-state index is 13.8. The van der Waals surface area contributed by atoms with Gasteiger partial charge in [0.05, 0.1) is 6.10 Å². The zero-order valence-corrected chi connectivity index (χ0v) is 12.3. The van der Waals surface area contributed by atoms with Gasteiger partial charge in [-0.15, -0.1) is 0 Å². The van der Waals surface area contributed by atoms with Crippen LogP contribution in [0, 0.1) is 11.7 Å². The lowest BCUT2D eigenvalue weighted by atomic mass is 10.0. The molecular weight excluding hydrogens is 297 g/mol. The summed E-state index contributed by atoms with van der Waals surface area (Å²) >= 11 is 3.27. The van der Waals surface area contributed by atoms with Gasteiger partial charge in [0.25, 0.3) is 0 Å². The molecule has 4 heteroatoms. The van der Waals surface area contributed by atoms with Crippen LogP contribution in [0.3, 0.4) is 0 Å². The third-order valence-corrected chi connectivity index (χ3v) is 4.14. The zero-order chi connectivity index (χ0) is 13.1. The molecule has 0 saturated carbocycles. The van der Waals surface area contributed by atoms with Gasteiger partial charge in [-0.25, -0.2) is 4.39 Å². The van der Waals surface area contributed by atoms with Crippen LogP contribution in [-0.4, -0.2) is 19.3 Å². The normalized spacial score (nSPS) is 25.3. The number of hydrogen-bond acceptors (Lipinski definition) is 2. The van der Waals surface area contributed by atoms with Crippen LogP contribution in [0.25, 0.3) is 0 Å². The monoisotopic (exact) mass is 315 g/mol. The van der Waals surface area contributed by atoms with Crippen LogP contribution in [0.1, 0.15) is 31.9 Å². The summed E-state index contributed by atoms with van der Waals surface area (Å²) in [4.78, 5) is 0. The largest absolute Gasteiger partial charge is 0.378 e. The lowest BCUT2D eigenvalue weighted by Gasteiger charge is -2.20. The Bertz CT molecular complexity index is 413. The topological polar surface area (TPSA) is 21.3 Å². The van der Waals surface area contributed by atoms with Crippen molar-refractivity contribution in [2.45, 2.75) is 32.4 Å². The fraction of sp³-hybridized carbons (Fsp3) is 0.571. The van der Waals surface area contributed by atoms with Crippen LogP contribution in [-0.2, 0) is 4.74 Å². The molecule has 0 aromatic heterocycles. The third kappa shape index (κ3) is 3.31. The van der Waals surface area contributed by atoms with Gasteiger partial charge in [-0.2, -0.15) is 0 Å². The van der Waals surface area contributed by atoms with Crippen molar-refractivity contribution in [2.75, 3.05) is 13.2 Å². The summed E-state index contributed by atoms with van der Waals surface area (Å²) < 4.78 is 20.1. The van der Waals surface area contributed by atoms with Crippen molar-refractivity contribution in [1.29, 1.82) is 0 Å². The molecule has 1 heterocycles. The highest BCUT2D eigenvalue weighted by Gasteiger charge is 2.24. The average Bonchev–Trinajstić information content (AvgIpc) is 2.72. The van der Waals surface area contributed by atoms with Gasteiger partial charge < -0.3 is 10.1 Å². The molecule has 1 aliphatic rings. The van der Waals surface area contributed by atoms with Crippen LogP contribution in [0.2, 0.25) is 0 Å². The smallest absolute Gasteiger partial charge is 0.129 e. The summed E-state index contributed by atoms with van der Waals surface area (Å²) in [6, 6.07) is 5.23. The van der Waals surface area contributed by atoms with E-state index in [1.165, 1.54) is 6.07 Å². The third-order valence-electron chi connectivity index (χ3n) is 3.65. The number of rotatable bonds is 4. The van der Waals surface area contributed by atoms with E-state index in [4.69, 9.17) is 4.74 Å². The molecule has 3 unspecified atom stereocenters. The first-order valence-corrected chi connectivity index (χ1v) is 7.17. The molecule has 1 aromatic carbocycles. The van der Waals surface area contributed by atoms with Crippen molar-refractivity contribution in [3.63, 3.8) is 0 Å². The van der Waals surface area contributed by atoms with Crippen LogP contribution < -0.4 is 5.32 Å². The fourth-order valence-corrected chi connectivity index (χ4v) is 2.67. The van der Waals surface area contributed by atoms with Crippen molar-refractivity contribution in [2.24, 2.45) is 5.92 Å².